The largest absolute Gasteiger partial charge is 0.378 e. The van der Waals surface area contributed by atoms with Gasteiger partial charge in [0.15, 0.2) is 0 Å². The van der Waals surface area contributed by atoms with Crippen molar-refractivity contribution in [2.75, 3.05) is 26.3 Å². The van der Waals surface area contributed by atoms with Gasteiger partial charge in [-0.25, -0.2) is 0 Å². The van der Waals surface area contributed by atoms with Gasteiger partial charge >= 0.3 is 0 Å². The average Bonchev–Trinajstić information content (AvgIpc) is 2.30. The van der Waals surface area contributed by atoms with Crippen molar-refractivity contribution in [2.45, 2.75) is 0 Å². The molecule has 5 nitrogen and oxygen atoms in total. The molecule has 82 valence electrons. The van der Waals surface area contributed by atoms with Crippen molar-refractivity contribution in [3.05, 3.63) is 30.1 Å². The van der Waals surface area contributed by atoms with Crippen LogP contribution in [0.5, 0.6) is 0 Å². The topological polar surface area (TPSA) is 77.2 Å². The maximum absolute atomic E-state index is 11.4. The van der Waals surface area contributed by atoms with Gasteiger partial charge in [0.05, 0.1) is 18.8 Å². The molecule has 0 atom stereocenters. The lowest BCUT2D eigenvalue weighted by molar-refractivity contribution is 0.0919. The second-order valence-corrected chi connectivity index (χ2v) is 2.90. The predicted octanol–water partition coefficient (Wildman–Crippen LogP) is -0.213. The first-order valence-corrected chi connectivity index (χ1v) is 4.80. The van der Waals surface area contributed by atoms with Crippen LogP contribution >= 0.6 is 0 Å². The summed E-state index contributed by atoms with van der Waals surface area (Å²) in [4.78, 5) is 15.3. The first-order chi connectivity index (χ1) is 7.34. The summed E-state index contributed by atoms with van der Waals surface area (Å²) in [5, 5.41) is 2.71. The SMILES string of the molecule is NCCOCCNC(=O)c1cccnc1. The number of ether oxygens (including phenoxy) is 1. The molecule has 0 saturated heterocycles. The number of hydrogen-bond donors (Lipinski definition) is 2. The normalized spacial score (nSPS) is 9.93. The Bertz CT molecular complexity index is 290. The molecule has 0 spiro atoms. The molecule has 1 rings (SSSR count). The number of nitrogens with one attached hydrogen (secondary N) is 1. The number of hydrogen-bond acceptors (Lipinski definition) is 4. The fraction of sp³-hybridized carbons (Fsp3) is 0.400. The molecule has 0 fully saturated rings. The number of aromatic nitrogens is 1. The summed E-state index contributed by atoms with van der Waals surface area (Å²) < 4.78 is 5.11. The molecule has 0 saturated carbocycles. The van der Waals surface area contributed by atoms with Gasteiger partial charge in [0, 0.05) is 25.5 Å². The van der Waals surface area contributed by atoms with Crippen molar-refractivity contribution in [2.24, 2.45) is 5.73 Å². The van der Waals surface area contributed by atoms with Crippen LogP contribution in [-0.4, -0.2) is 37.2 Å². The van der Waals surface area contributed by atoms with Crippen LogP contribution in [0.4, 0.5) is 0 Å². The van der Waals surface area contributed by atoms with E-state index in [1.165, 1.54) is 6.20 Å². The quantitative estimate of drug-likeness (QED) is 0.635. The Morgan fingerprint density at radius 1 is 1.53 bits per heavy atom. The van der Waals surface area contributed by atoms with Crippen molar-refractivity contribution >= 4 is 5.91 Å². The number of pyridine rings is 1. The second kappa shape index (κ2) is 6.92. The van der Waals surface area contributed by atoms with Crippen LogP contribution in [-0.2, 0) is 4.74 Å². The third-order valence-electron chi connectivity index (χ3n) is 1.72. The Morgan fingerprint density at radius 3 is 3.07 bits per heavy atom. The number of nitrogens with zero attached hydrogens (tertiary/aromatic N) is 1. The smallest absolute Gasteiger partial charge is 0.252 e. The van der Waals surface area contributed by atoms with Crippen LogP contribution < -0.4 is 11.1 Å². The molecule has 0 unspecified atom stereocenters. The van der Waals surface area contributed by atoms with Gasteiger partial charge in [0.1, 0.15) is 0 Å². The summed E-state index contributed by atoms with van der Waals surface area (Å²) in [5.74, 6) is -0.139. The fourth-order valence-electron chi connectivity index (χ4n) is 1.02. The van der Waals surface area contributed by atoms with Crippen molar-refractivity contribution in [1.29, 1.82) is 0 Å². The Hall–Kier alpha value is -1.46. The molecular weight excluding hydrogens is 194 g/mol. The molecule has 0 aliphatic carbocycles. The van der Waals surface area contributed by atoms with Crippen LogP contribution in [0.2, 0.25) is 0 Å². The lowest BCUT2D eigenvalue weighted by Crippen LogP contribution is -2.27. The van der Waals surface area contributed by atoms with Crippen molar-refractivity contribution in [3.8, 4) is 0 Å². The molecule has 3 N–H and O–H groups in total. The van der Waals surface area contributed by atoms with E-state index in [0.717, 1.165) is 0 Å². The van der Waals surface area contributed by atoms with E-state index in [-0.39, 0.29) is 5.91 Å². The zero-order chi connectivity index (χ0) is 10.9. The minimum Gasteiger partial charge on any atom is -0.378 e. The fourth-order valence-corrected chi connectivity index (χ4v) is 1.02. The molecule has 0 bridgehead atoms. The van der Waals surface area contributed by atoms with Crippen LogP contribution in [0.15, 0.2) is 24.5 Å². The van der Waals surface area contributed by atoms with Crippen LogP contribution in [0.25, 0.3) is 0 Å². The maximum Gasteiger partial charge on any atom is 0.252 e. The monoisotopic (exact) mass is 209 g/mol. The van der Waals surface area contributed by atoms with Crippen LogP contribution in [0.3, 0.4) is 0 Å². The molecule has 1 aromatic heterocycles. The zero-order valence-corrected chi connectivity index (χ0v) is 8.48. The van der Waals surface area contributed by atoms with Gasteiger partial charge in [-0.15, -0.1) is 0 Å². The van der Waals surface area contributed by atoms with Gasteiger partial charge in [0.2, 0.25) is 0 Å². The van der Waals surface area contributed by atoms with Gasteiger partial charge < -0.3 is 15.8 Å². The summed E-state index contributed by atoms with van der Waals surface area (Å²) in [6, 6.07) is 3.43. The molecule has 0 radical (unpaired) electrons. The van der Waals surface area contributed by atoms with E-state index in [1.54, 1.807) is 18.3 Å². The Labute approximate surface area is 88.6 Å². The molecule has 0 aliphatic rings. The van der Waals surface area contributed by atoms with E-state index in [0.29, 0.717) is 31.9 Å². The highest BCUT2D eigenvalue weighted by Gasteiger charge is 2.02. The molecule has 0 aromatic carbocycles. The number of carbonyl (C=O) groups excluding carboxylic acids is 1. The first kappa shape index (κ1) is 11.6. The number of nitrogens with two attached hydrogens (primary N) is 1. The summed E-state index contributed by atoms with van der Waals surface area (Å²) >= 11 is 0. The van der Waals surface area contributed by atoms with Gasteiger partial charge in [-0.3, -0.25) is 9.78 Å². The minimum absolute atomic E-state index is 0.139. The van der Waals surface area contributed by atoms with Crippen LogP contribution in [0.1, 0.15) is 10.4 Å². The van der Waals surface area contributed by atoms with Gasteiger partial charge in [-0.2, -0.15) is 0 Å². The van der Waals surface area contributed by atoms with Crippen molar-refractivity contribution < 1.29 is 9.53 Å². The van der Waals surface area contributed by atoms with E-state index < -0.39 is 0 Å². The summed E-state index contributed by atoms with van der Waals surface area (Å²) in [6.45, 7) is 1.97. The molecular formula is C10H15N3O2. The standard InChI is InChI=1S/C10H15N3O2/c11-3-6-15-7-5-13-10(14)9-2-1-4-12-8-9/h1-2,4,8H,3,5-7,11H2,(H,13,14). The Kier molecular flexibility index (Phi) is 5.35. The third kappa shape index (κ3) is 4.53. The lowest BCUT2D eigenvalue weighted by atomic mass is 10.3. The summed E-state index contributed by atoms with van der Waals surface area (Å²) in [7, 11) is 0. The van der Waals surface area contributed by atoms with Crippen molar-refractivity contribution in [3.63, 3.8) is 0 Å². The van der Waals surface area contributed by atoms with E-state index in [1.807, 2.05) is 0 Å². The molecule has 1 amide bonds. The van der Waals surface area contributed by atoms with E-state index in [2.05, 4.69) is 10.3 Å². The van der Waals surface area contributed by atoms with Gasteiger partial charge in [-0.05, 0) is 12.1 Å². The number of rotatable bonds is 6. The molecule has 0 aliphatic heterocycles. The lowest BCUT2D eigenvalue weighted by Gasteiger charge is -2.05. The highest BCUT2D eigenvalue weighted by atomic mass is 16.5. The second-order valence-electron chi connectivity index (χ2n) is 2.90. The minimum atomic E-state index is -0.139. The van der Waals surface area contributed by atoms with E-state index in [9.17, 15) is 4.79 Å². The average molecular weight is 209 g/mol. The Morgan fingerprint density at radius 2 is 2.40 bits per heavy atom. The highest BCUT2D eigenvalue weighted by molar-refractivity contribution is 5.93. The third-order valence-corrected chi connectivity index (χ3v) is 1.72. The summed E-state index contributed by atoms with van der Waals surface area (Å²) in [5.41, 5.74) is 5.79. The predicted molar refractivity (Wildman–Crippen MR) is 56.4 cm³/mol. The number of amides is 1. The van der Waals surface area contributed by atoms with Gasteiger partial charge in [0.25, 0.3) is 5.91 Å². The van der Waals surface area contributed by atoms with Crippen molar-refractivity contribution in [1.82, 2.24) is 10.3 Å². The summed E-state index contributed by atoms with van der Waals surface area (Å²) in [6.07, 6.45) is 3.15. The number of carbonyl (C=O) groups is 1. The molecule has 15 heavy (non-hydrogen) atoms. The van der Waals surface area contributed by atoms with Gasteiger partial charge in [-0.1, -0.05) is 0 Å². The first-order valence-electron chi connectivity index (χ1n) is 4.80. The van der Waals surface area contributed by atoms with E-state index >= 15 is 0 Å². The van der Waals surface area contributed by atoms with E-state index in [4.69, 9.17) is 10.5 Å². The zero-order valence-electron chi connectivity index (χ0n) is 8.48. The maximum atomic E-state index is 11.4. The molecule has 1 aromatic rings. The van der Waals surface area contributed by atoms with Crippen LogP contribution in [0, 0.1) is 0 Å². The Balaban J connectivity index is 2.20. The highest BCUT2D eigenvalue weighted by Crippen LogP contribution is 1.94. The molecule has 5 heteroatoms. The molecule has 1 heterocycles.